The third-order valence-electron chi connectivity index (χ3n) is 3.71. The largest absolute Gasteiger partial charge is 0.477 e. The van der Waals surface area contributed by atoms with Crippen LogP contribution >= 0.6 is 0 Å². The van der Waals surface area contributed by atoms with Crippen molar-refractivity contribution in [3.05, 3.63) is 29.6 Å². The number of carboxylic acids is 1. The fourth-order valence-electron chi connectivity index (χ4n) is 2.15. The number of nitrogens with one attached hydrogen (secondary N) is 2. The summed E-state index contributed by atoms with van der Waals surface area (Å²) in [6, 6.07) is 3.06. The lowest BCUT2D eigenvalue weighted by atomic mass is 9.80. The van der Waals surface area contributed by atoms with E-state index in [9.17, 15) is 9.59 Å². The predicted molar refractivity (Wildman–Crippen MR) is 73.4 cm³/mol. The molecule has 3 N–H and O–H groups in total. The molecule has 108 valence electrons. The molecule has 0 saturated heterocycles. The molecule has 2 amide bonds. The third-order valence-corrected chi connectivity index (χ3v) is 3.71. The molecule has 2 rings (SSSR count). The first-order valence-electron chi connectivity index (χ1n) is 6.79. The number of hydrogen-bond acceptors (Lipinski definition) is 3. The molecule has 0 bridgehead atoms. The van der Waals surface area contributed by atoms with Gasteiger partial charge in [0.1, 0.15) is 5.69 Å². The molecule has 6 heteroatoms. The first-order valence-corrected chi connectivity index (χ1v) is 6.79. The normalized spacial score (nSPS) is 16.1. The molecule has 1 unspecified atom stereocenters. The van der Waals surface area contributed by atoms with Crippen LogP contribution < -0.4 is 10.6 Å². The van der Waals surface area contributed by atoms with E-state index in [2.05, 4.69) is 15.6 Å². The van der Waals surface area contributed by atoms with Crippen molar-refractivity contribution < 1.29 is 14.7 Å². The molecule has 1 atom stereocenters. The van der Waals surface area contributed by atoms with Crippen LogP contribution in [0.15, 0.2) is 18.3 Å². The number of nitrogens with zero attached hydrogens (tertiary/aromatic N) is 1. The maximum atomic E-state index is 11.7. The van der Waals surface area contributed by atoms with Crippen molar-refractivity contribution in [1.29, 1.82) is 0 Å². The van der Waals surface area contributed by atoms with Gasteiger partial charge < -0.3 is 15.7 Å². The molecule has 1 aliphatic rings. The molecule has 1 fully saturated rings. The monoisotopic (exact) mass is 277 g/mol. The van der Waals surface area contributed by atoms with E-state index < -0.39 is 5.97 Å². The quantitative estimate of drug-likeness (QED) is 0.765. The van der Waals surface area contributed by atoms with Gasteiger partial charge in [0.25, 0.3) is 0 Å². The van der Waals surface area contributed by atoms with E-state index in [4.69, 9.17) is 5.11 Å². The van der Waals surface area contributed by atoms with Gasteiger partial charge in [-0.25, -0.2) is 14.6 Å². The number of aromatic nitrogens is 1. The van der Waals surface area contributed by atoms with Crippen molar-refractivity contribution in [2.45, 2.75) is 38.8 Å². The Morgan fingerprint density at radius 1 is 1.45 bits per heavy atom. The van der Waals surface area contributed by atoms with Gasteiger partial charge in [0, 0.05) is 18.8 Å². The summed E-state index contributed by atoms with van der Waals surface area (Å²) in [5, 5.41) is 14.4. The molecule has 1 saturated carbocycles. The summed E-state index contributed by atoms with van der Waals surface area (Å²) >= 11 is 0. The predicted octanol–water partition coefficient (Wildman–Crippen LogP) is 1.77. The fourth-order valence-corrected chi connectivity index (χ4v) is 2.15. The minimum atomic E-state index is -1.06. The Balaban J connectivity index is 1.76. The highest BCUT2D eigenvalue weighted by Crippen LogP contribution is 2.29. The highest BCUT2D eigenvalue weighted by Gasteiger charge is 2.24. The molecule has 1 aromatic heterocycles. The van der Waals surface area contributed by atoms with Crippen molar-refractivity contribution in [2.75, 3.05) is 0 Å². The molecule has 0 radical (unpaired) electrons. The Kier molecular flexibility index (Phi) is 4.55. The minimum absolute atomic E-state index is 0.00296. The first-order chi connectivity index (χ1) is 9.56. The fraction of sp³-hybridized carbons (Fsp3) is 0.500. The molecular weight excluding hydrogens is 258 g/mol. The van der Waals surface area contributed by atoms with E-state index in [1.165, 1.54) is 31.5 Å². The third kappa shape index (κ3) is 3.69. The Morgan fingerprint density at radius 3 is 2.70 bits per heavy atom. The topological polar surface area (TPSA) is 91.3 Å². The van der Waals surface area contributed by atoms with Crippen LogP contribution in [0.4, 0.5) is 4.79 Å². The molecule has 0 aliphatic heterocycles. The maximum Gasteiger partial charge on any atom is 0.354 e. The van der Waals surface area contributed by atoms with Gasteiger partial charge in [-0.2, -0.15) is 0 Å². The number of pyridine rings is 1. The van der Waals surface area contributed by atoms with Crippen molar-refractivity contribution in [2.24, 2.45) is 5.92 Å². The highest BCUT2D eigenvalue weighted by atomic mass is 16.4. The SMILES string of the molecule is CC(NC(=O)NCc1ccc(C(=O)O)nc1)C1CCC1. The van der Waals surface area contributed by atoms with Crippen molar-refractivity contribution in [3.63, 3.8) is 0 Å². The second kappa shape index (κ2) is 6.36. The zero-order valence-corrected chi connectivity index (χ0v) is 11.4. The molecule has 0 spiro atoms. The molecular formula is C14H19N3O3. The van der Waals surface area contributed by atoms with Crippen molar-refractivity contribution >= 4 is 12.0 Å². The second-order valence-corrected chi connectivity index (χ2v) is 5.16. The average Bonchev–Trinajstić information content (AvgIpc) is 2.34. The summed E-state index contributed by atoms with van der Waals surface area (Å²) in [5.41, 5.74) is 0.762. The van der Waals surface area contributed by atoms with Gasteiger partial charge in [-0.05, 0) is 37.3 Å². The van der Waals surface area contributed by atoms with E-state index in [1.54, 1.807) is 6.07 Å². The lowest BCUT2D eigenvalue weighted by Crippen LogP contribution is -2.45. The number of amides is 2. The van der Waals surface area contributed by atoms with E-state index >= 15 is 0 Å². The molecule has 1 aromatic rings. The molecule has 1 heterocycles. The summed E-state index contributed by atoms with van der Waals surface area (Å²) in [7, 11) is 0. The zero-order chi connectivity index (χ0) is 14.5. The number of rotatable bonds is 5. The summed E-state index contributed by atoms with van der Waals surface area (Å²) in [6.45, 7) is 2.35. The lowest BCUT2D eigenvalue weighted by Gasteiger charge is -2.31. The van der Waals surface area contributed by atoms with E-state index in [0.717, 1.165) is 5.56 Å². The van der Waals surface area contributed by atoms with Gasteiger partial charge in [-0.15, -0.1) is 0 Å². The van der Waals surface area contributed by atoms with Crippen LogP contribution in [0.3, 0.4) is 0 Å². The van der Waals surface area contributed by atoms with Crippen LogP contribution in [0.25, 0.3) is 0 Å². The molecule has 20 heavy (non-hydrogen) atoms. The Hall–Kier alpha value is -2.11. The van der Waals surface area contributed by atoms with Gasteiger partial charge in [0.15, 0.2) is 0 Å². The van der Waals surface area contributed by atoms with E-state index in [0.29, 0.717) is 12.5 Å². The Bertz CT molecular complexity index is 483. The second-order valence-electron chi connectivity index (χ2n) is 5.16. The molecule has 6 nitrogen and oxygen atoms in total. The average molecular weight is 277 g/mol. The zero-order valence-electron chi connectivity index (χ0n) is 11.4. The van der Waals surface area contributed by atoms with Crippen LogP contribution in [-0.4, -0.2) is 28.1 Å². The maximum absolute atomic E-state index is 11.7. The highest BCUT2D eigenvalue weighted by molar-refractivity contribution is 5.85. The number of carbonyl (C=O) groups is 2. The summed E-state index contributed by atoms with van der Waals surface area (Å²) in [4.78, 5) is 26.2. The van der Waals surface area contributed by atoms with Crippen molar-refractivity contribution in [1.82, 2.24) is 15.6 Å². The Labute approximate surface area is 117 Å². The van der Waals surface area contributed by atoms with Gasteiger partial charge in [0.05, 0.1) is 0 Å². The Morgan fingerprint density at radius 2 is 2.20 bits per heavy atom. The number of carbonyl (C=O) groups excluding carboxylic acids is 1. The summed E-state index contributed by atoms with van der Waals surface area (Å²) in [5.74, 6) is -0.464. The lowest BCUT2D eigenvalue weighted by molar-refractivity contribution is 0.0690. The van der Waals surface area contributed by atoms with Gasteiger partial charge >= 0.3 is 12.0 Å². The number of carboxylic acid groups (broad SMARTS) is 1. The van der Waals surface area contributed by atoms with Crippen LogP contribution in [0.5, 0.6) is 0 Å². The number of hydrogen-bond donors (Lipinski definition) is 3. The number of urea groups is 1. The van der Waals surface area contributed by atoms with Crippen LogP contribution in [0, 0.1) is 5.92 Å². The molecule has 0 aromatic carbocycles. The van der Waals surface area contributed by atoms with Crippen LogP contribution in [0.2, 0.25) is 0 Å². The molecule has 1 aliphatic carbocycles. The standard InChI is InChI=1S/C14H19N3O3/c1-9(11-3-2-4-11)17-14(20)16-8-10-5-6-12(13(18)19)15-7-10/h5-7,9,11H,2-4,8H2,1H3,(H,18,19)(H2,16,17,20). The summed E-state index contributed by atoms with van der Waals surface area (Å²) in [6.07, 6.45) is 5.07. The smallest absolute Gasteiger partial charge is 0.354 e. The number of aromatic carboxylic acids is 1. The van der Waals surface area contributed by atoms with Crippen LogP contribution in [0.1, 0.15) is 42.2 Å². The minimum Gasteiger partial charge on any atom is -0.477 e. The van der Waals surface area contributed by atoms with Crippen molar-refractivity contribution in [3.8, 4) is 0 Å². The van der Waals surface area contributed by atoms with Gasteiger partial charge in [-0.3, -0.25) is 0 Å². The van der Waals surface area contributed by atoms with E-state index in [-0.39, 0.29) is 17.8 Å². The van der Waals surface area contributed by atoms with Crippen LogP contribution in [-0.2, 0) is 6.54 Å². The van der Waals surface area contributed by atoms with Gasteiger partial charge in [0.2, 0.25) is 0 Å². The summed E-state index contributed by atoms with van der Waals surface area (Å²) < 4.78 is 0. The van der Waals surface area contributed by atoms with E-state index in [1.807, 2.05) is 6.92 Å². The first kappa shape index (κ1) is 14.3. The van der Waals surface area contributed by atoms with Gasteiger partial charge in [-0.1, -0.05) is 12.5 Å².